The number of benzene rings is 2. The molecule has 130 valence electrons. The fourth-order valence-electron chi connectivity index (χ4n) is 3.72. The molecule has 2 aromatic carbocycles. The molecule has 0 aliphatic heterocycles. The molecule has 0 radical (unpaired) electrons. The summed E-state index contributed by atoms with van der Waals surface area (Å²) in [6.07, 6.45) is 1.14. The van der Waals surface area contributed by atoms with Gasteiger partial charge in [0.1, 0.15) is 6.61 Å². The van der Waals surface area contributed by atoms with E-state index in [-0.39, 0.29) is 18.1 Å². The molecular weight excluding hydrogens is 314 g/mol. The Kier molecular flexibility index (Phi) is 4.22. The van der Waals surface area contributed by atoms with Crippen LogP contribution in [0.1, 0.15) is 36.8 Å². The van der Waals surface area contributed by atoms with Gasteiger partial charge in [-0.05, 0) is 42.0 Å². The number of amides is 1. The molecule has 1 N–H and O–H groups in total. The van der Waals surface area contributed by atoms with Crippen LogP contribution in [0.3, 0.4) is 0 Å². The van der Waals surface area contributed by atoms with Crippen molar-refractivity contribution in [1.29, 1.82) is 0 Å². The maximum atomic E-state index is 12.5. The van der Waals surface area contributed by atoms with Gasteiger partial charge in [-0.25, -0.2) is 4.79 Å². The Morgan fingerprint density at radius 1 is 1.12 bits per heavy atom. The second-order valence-electron chi connectivity index (χ2n) is 7.04. The van der Waals surface area contributed by atoms with Crippen LogP contribution in [0.15, 0.2) is 48.5 Å². The summed E-state index contributed by atoms with van der Waals surface area (Å²) < 4.78 is 5.68. The minimum atomic E-state index is -0.541. The number of fused-ring (bicyclic) bond motifs is 3. The number of carbonyl (C=O) groups is 1. The molecular formula is C21H23NO3. The van der Waals surface area contributed by atoms with E-state index in [1.54, 1.807) is 11.8 Å². The Morgan fingerprint density at radius 2 is 1.68 bits per heavy atom. The van der Waals surface area contributed by atoms with Crippen molar-refractivity contribution in [1.82, 2.24) is 4.90 Å². The quantitative estimate of drug-likeness (QED) is 0.903. The van der Waals surface area contributed by atoms with E-state index in [9.17, 15) is 9.90 Å². The van der Waals surface area contributed by atoms with Crippen LogP contribution in [0.4, 0.5) is 4.79 Å². The lowest BCUT2D eigenvalue weighted by atomic mass is 9.98. The summed E-state index contributed by atoms with van der Waals surface area (Å²) in [5, 5.41) is 9.64. The molecule has 1 fully saturated rings. The number of carbonyl (C=O) groups excluding carboxylic acids is 1. The van der Waals surface area contributed by atoms with Crippen LogP contribution >= 0.6 is 0 Å². The van der Waals surface area contributed by atoms with E-state index < -0.39 is 6.10 Å². The highest BCUT2D eigenvalue weighted by Crippen LogP contribution is 2.44. The van der Waals surface area contributed by atoms with E-state index in [4.69, 9.17) is 4.74 Å². The Hall–Kier alpha value is -2.33. The number of hydrogen-bond acceptors (Lipinski definition) is 3. The van der Waals surface area contributed by atoms with Crippen molar-refractivity contribution < 1.29 is 14.6 Å². The average Bonchev–Trinajstić information content (AvgIpc) is 3.40. The van der Waals surface area contributed by atoms with E-state index >= 15 is 0 Å². The van der Waals surface area contributed by atoms with Crippen LogP contribution in [0, 0.1) is 0 Å². The summed E-state index contributed by atoms with van der Waals surface area (Å²) in [7, 11) is 0. The number of rotatable bonds is 5. The van der Waals surface area contributed by atoms with Crippen LogP contribution in [-0.2, 0) is 4.74 Å². The van der Waals surface area contributed by atoms with Crippen LogP contribution in [0.2, 0.25) is 0 Å². The van der Waals surface area contributed by atoms with Gasteiger partial charge in [-0.2, -0.15) is 0 Å². The van der Waals surface area contributed by atoms with E-state index in [0.29, 0.717) is 13.2 Å². The second kappa shape index (κ2) is 6.52. The summed E-state index contributed by atoms with van der Waals surface area (Å²) >= 11 is 0. The zero-order valence-electron chi connectivity index (χ0n) is 14.4. The SMILES string of the molecule is C[C@H](O)CN(C(=O)OCC1c2ccccc2-c2ccccc21)C1CC1. The maximum absolute atomic E-state index is 12.5. The van der Waals surface area contributed by atoms with Gasteiger partial charge < -0.3 is 14.7 Å². The van der Waals surface area contributed by atoms with E-state index in [1.807, 2.05) is 24.3 Å². The first-order chi connectivity index (χ1) is 12.1. The molecule has 0 aromatic heterocycles. The average molecular weight is 337 g/mol. The largest absolute Gasteiger partial charge is 0.448 e. The third-order valence-corrected chi connectivity index (χ3v) is 5.02. The van der Waals surface area contributed by atoms with Gasteiger partial charge in [-0.15, -0.1) is 0 Å². The highest BCUT2D eigenvalue weighted by molar-refractivity contribution is 5.79. The highest BCUT2D eigenvalue weighted by Gasteiger charge is 2.35. The molecule has 0 bridgehead atoms. The fourth-order valence-corrected chi connectivity index (χ4v) is 3.72. The normalized spacial score (nSPS) is 16.9. The highest BCUT2D eigenvalue weighted by atomic mass is 16.6. The molecule has 0 unspecified atom stereocenters. The van der Waals surface area contributed by atoms with Gasteiger partial charge in [0, 0.05) is 18.5 Å². The van der Waals surface area contributed by atoms with Crippen molar-refractivity contribution in [2.75, 3.05) is 13.2 Å². The van der Waals surface area contributed by atoms with Crippen LogP contribution in [0.25, 0.3) is 11.1 Å². The van der Waals surface area contributed by atoms with Crippen molar-refractivity contribution in [2.45, 2.75) is 37.8 Å². The van der Waals surface area contributed by atoms with Crippen LogP contribution in [-0.4, -0.2) is 41.4 Å². The predicted octanol–water partition coefficient (Wildman–Crippen LogP) is 3.78. The van der Waals surface area contributed by atoms with Crippen molar-refractivity contribution in [3.05, 3.63) is 59.7 Å². The number of nitrogens with zero attached hydrogens (tertiary/aromatic N) is 1. The van der Waals surface area contributed by atoms with Gasteiger partial charge in [0.15, 0.2) is 0 Å². The Balaban J connectivity index is 1.52. The van der Waals surface area contributed by atoms with Crippen LogP contribution in [0.5, 0.6) is 0 Å². The molecule has 0 heterocycles. The van der Waals surface area contributed by atoms with Gasteiger partial charge in [-0.1, -0.05) is 48.5 Å². The molecule has 1 saturated carbocycles. The van der Waals surface area contributed by atoms with Crippen molar-refractivity contribution >= 4 is 6.09 Å². The zero-order chi connectivity index (χ0) is 17.4. The minimum absolute atomic E-state index is 0.0731. The monoisotopic (exact) mass is 337 g/mol. The molecule has 2 aromatic rings. The lowest BCUT2D eigenvalue weighted by molar-refractivity contribution is 0.0731. The first kappa shape index (κ1) is 16.2. The molecule has 0 spiro atoms. The summed E-state index contributed by atoms with van der Waals surface area (Å²) in [5.74, 6) is 0.0731. The first-order valence-electron chi connectivity index (χ1n) is 8.95. The van der Waals surface area contributed by atoms with Gasteiger partial charge in [0.2, 0.25) is 0 Å². The van der Waals surface area contributed by atoms with Gasteiger partial charge in [0.05, 0.1) is 6.10 Å². The summed E-state index contributed by atoms with van der Waals surface area (Å²) in [5.41, 5.74) is 4.87. The minimum Gasteiger partial charge on any atom is -0.448 e. The molecule has 4 nitrogen and oxygen atoms in total. The molecule has 1 atom stereocenters. The standard InChI is InChI=1S/C21H23NO3/c1-14(23)12-22(15-10-11-15)21(24)25-13-20-18-8-4-2-6-16(18)17-7-3-5-9-19(17)20/h2-9,14-15,20,23H,10-13H2,1H3/t14-/m0/s1. The molecule has 25 heavy (non-hydrogen) atoms. The fraction of sp³-hybridized carbons (Fsp3) is 0.381. The second-order valence-corrected chi connectivity index (χ2v) is 7.04. The number of aliphatic hydroxyl groups is 1. The molecule has 4 heteroatoms. The lowest BCUT2D eigenvalue weighted by Gasteiger charge is -2.24. The van der Waals surface area contributed by atoms with Crippen molar-refractivity contribution in [2.24, 2.45) is 0 Å². The van der Waals surface area contributed by atoms with Crippen LogP contribution < -0.4 is 0 Å². The molecule has 2 aliphatic carbocycles. The molecule has 2 aliphatic rings. The zero-order valence-corrected chi connectivity index (χ0v) is 14.4. The predicted molar refractivity (Wildman–Crippen MR) is 96.5 cm³/mol. The van der Waals surface area contributed by atoms with Gasteiger partial charge in [0.25, 0.3) is 0 Å². The van der Waals surface area contributed by atoms with Crippen molar-refractivity contribution in [3.8, 4) is 11.1 Å². The van der Waals surface area contributed by atoms with Gasteiger partial charge >= 0.3 is 6.09 Å². The Labute approximate surface area is 148 Å². The summed E-state index contributed by atoms with van der Waals surface area (Å²) in [6, 6.07) is 16.9. The molecule has 0 saturated heterocycles. The summed E-state index contributed by atoms with van der Waals surface area (Å²) in [4.78, 5) is 14.2. The van der Waals surface area contributed by atoms with E-state index in [0.717, 1.165) is 12.8 Å². The van der Waals surface area contributed by atoms with Gasteiger partial charge in [-0.3, -0.25) is 0 Å². The smallest absolute Gasteiger partial charge is 0.410 e. The number of aliphatic hydroxyl groups excluding tert-OH is 1. The third kappa shape index (κ3) is 3.14. The number of hydrogen-bond donors (Lipinski definition) is 1. The van der Waals surface area contributed by atoms with E-state index in [2.05, 4.69) is 24.3 Å². The molecule has 4 rings (SSSR count). The number of ether oxygens (including phenoxy) is 1. The lowest BCUT2D eigenvalue weighted by Crippen LogP contribution is -2.39. The maximum Gasteiger partial charge on any atom is 0.410 e. The Bertz CT molecular complexity index is 737. The Morgan fingerprint density at radius 3 is 2.20 bits per heavy atom. The molecule has 1 amide bonds. The van der Waals surface area contributed by atoms with E-state index in [1.165, 1.54) is 22.3 Å². The summed E-state index contributed by atoms with van der Waals surface area (Å²) in [6.45, 7) is 2.36. The third-order valence-electron chi connectivity index (χ3n) is 5.02. The van der Waals surface area contributed by atoms with Crippen molar-refractivity contribution in [3.63, 3.8) is 0 Å². The first-order valence-corrected chi connectivity index (χ1v) is 8.95. The topological polar surface area (TPSA) is 49.8 Å².